The van der Waals surface area contributed by atoms with E-state index in [-0.39, 0.29) is 5.82 Å². The Kier molecular flexibility index (Phi) is 4.31. The highest BCUT2D eigenvalue weighted by molar-refractivity contribution is 5.24. The first-order chi connectivity index (χ1) is 8.78. The highest BCUT2D eigenvalue weighted by Crippen LogP contribution is 2.12. The van der Waals surface area contributed by atoms with Crippen LogP contribution in [0.1, 0.15) is 11.1 Å². The van der Waals surface area contributed by atoms with Gasteiger partial charge in [0.15, 0.2) is 0 Å². The van der Waals surface area contributed by atoms with Crippen molar-refractivity contribution >= 4 is 0 Å². The minimum Gasteiger partial charge on any atom is -0.493 e. The molecule has 0 saturated carbocycles. The van der Waals surface area contributed by atoms with Crippen LogP contribution < -0.4 is 10.5 Å². The van der Waals surface area contributed by atoms with Crippen LogP contribution in [-0.2, 0) is 13.0 Å². The van der Waals surface area contributed by atoms with E-state index >= 15 is 0 Å². The van der Waals surface area contributed by atoms with Gasteiger partial charge in [-0.2, -0.15) is 0 Å². The summed E-state index contributed by atoms with van der Waals surface area (Å²) in [5, 5.41) is 0. The number of hydrogen-bond donors (Lipinski definition) is 1. The first-order valence-electron chi connectivity index (χ1n) is 5.94. The summed E-state index contributed by atoms with van der Waals surface area (Å²) in [6.45, 7) is 1.14. The van der Waals surface area contributed by atoms with Gasteiger partial charge in [-0.15, -0.1) is 0 Å². The third-order valence-corrected chi connectivity index (χ3v) is 2.73. The molecule has 0 fully saturated rings. The Morgan fingerprint density at radius 3 is 2.11 bits per heavy atom. The molecule has 0 aliphatic heterocycles. The third kappa shape index (κ3) is 3.57. The van der Waals surface area contributed by atoms with E-state index in [1.165, 1.54) is 17.7 Å². The number of hydrogen-bond acceptors (Lipinski definition) is 2. The lowest BCUT2D eigenvalue weighted by Gasteiger charge is -2.06. The highest BCUT2D eigenvalue weighted by Gasteiger charge is 1.97. The summed E-state index contributed by atoms with van der Waals surface area (Å²) >= 11 is 0. The molecular formula is C15H16FNO. The highest BCUT2D eigenvalue weighted by atomic mass is 19.1. The van der Waals surface area contributed by atoms with Gasteiger partial charge in [0.2, 0.25) is 0 Å². The quantitative estimate of drug-likeness (QED) is 0.879. The Labute approximate surface area is 106 Å². The average molecular weight is 245 g/mol. The van der Waals surface area contributed by atoms with Crippen molar-refractivity contribution in [2.75, 3.05) is 6.61 Å². The largest absolute Gasteiger partial charge is 0.493 e. The number of benzene rings is 2. The molecule has 18 heavy (non-hydrogen) atoms. The fraction of sp³-hybridized carbons (Fsp3) is 0.200. The summed E-state index contributed by atoms with van der Waals surface area (Å²) in [5.74, 6) is 0.440. The molecule has 3 heteroatoms. The van der Waals surface area contributed by atoms with Crippen LogP contribution >= 0.6 is 0 Å². The predicted molar refractivity (Wildman–Crippen MR) is 69.9 cm³/mol. The maximum absolute atomic E-state index is 12.7. The van der Waals surface area contributed by atoms with Crippen LogP contribution in [-0.4, -0.2) is 6.61 Å². The molecule has 0 aromatic heterocycles. The maximum atomic E-state index is 12.7. The normalized spacial score (nSPS) is 10.3. The fourth-order valence-electron chi connectivity index (χ4n) is 1.66. The maximum Gasteiger partial charge on any atom is 0.123 e. The molecule has 0 spiro atoms. The molecule has 0 amide bonds. The average Bonchev–Trinajstić information content (AvgIpc) is 2.42. The zero-order valence-electron chi connectivity index (χ0n) is 10.1. The Morgan fingerprint density at radius 1 is 0.889 bits per heavy atom. The lowest BCUT2D eigenvalue weighted by Crippen LogP contribution is -2.02. The van der Waals surface area contributed by atoms with Gasteiger partial charge in [0.05, 0.1) is 6.61 Å². The molecule has 0 aliphatic rings. The molecule has 0 atom stereocenters. The summed E-state index contributed by atoms with van der Waals surface area (Å²) < 4.78 is 18.2. The van der Waals surface area contributed by atoms with E-state index in [0.29, 0.717) is 18.9 Å². The molecule has 0 saturated heterocycles. The summed E-state index contributed by atoms with van der Waals surface area (Å²) in [6, 6.07) is 14.2. The minimum atomic E-state index is -0.250. The SMILES string of the molecule is NCc1ccc(CCOc2ccc(F)cc2)cc1. The van der Waals surface area contributed by atoms with Crippen molar-refractivity contribution in [3.05, 3.63) is 65.5 Å². The van der Waals surface area contributed by atoms with Gasteiger partial charge in [0.25, 0.3) is 0 Å². The van der Waals surface area contributed by atoms with Gasteiger partial charge >= 0.3 is 0 Å². The van der Waals surface area contributed by atoms with Crippen molar-refractivity contribution < 1.29 is 9.13 Å². The first kappa shape index (κ1) is 12.6. The topological polar surface area (TPSA) is 35.2 Å². The summed E-state index contributed by atoms with van der Waals surface area (Å²) in [5.41, 5.74) is 7.86. The molecule has 0 unspecified atom stereocenters. The van der Waals surface area contributed by atoms with Crippen molar-refractivity contribution in [1.82, 2.24) is 0 Å². The van der Waals surface area contributed by atoms with Gasteiger partial charge in [0.1, 0.15) is 11.6 Å². The number of nitrogens with two attached hydrogens (primary N) is 1. The van der Waals surface area contributed by atoms with Crippen LogP contribution in [0.2, 0.25) is 0 Å². The van der Waals surface area contributed by atoms with E-state index in [4.69, 9.17) is 10.5 Å². The number of rotatable bonds is 5. The van der Waals surface area contributed by atoms with E-state index in [1.54, 1.807) is 12.1 Å². The molecule has 94 valence electrons. The monoisotopic (exact) mass is 245 g/mol. The van der Waals surface area contributed by atoms with Crippen LogP contribution in [0.3, 0.4) is 0 Å². The lowest BCUT2D eigenvalue weighted by atomic mass is 10.1. The van der Waals surface area contributed by atoms with Crippen molar-refractivity contribution in [2.24, 2.45) is 5.73 Å². The second kappa shape index (κ2) is 6.17. The van der Waals surface area contributed by atoms with E-state index < -0.39 is 0 Å². The predicted octanol–water partition coefficient (Wildman–Crippen LogP) is 2.91. The Bertz CT molecular complexity index is 479. The molecule has 2 aromatic rings. The number of ether oxygens (including phenoxy) is 1. The Hall–Kier alpha value is -1.87. The second-order valence-corrected chi connectivity index (χ2v) is 4.07. The van der Waals surface area contributed by atoms with Crippen molar-refractivity contribution in [3.63, 3.8) is 0 Å². The zero-order valence-corrected chi connectivity index (χ0v) is 10.1. The van der Waals surface area contributed by atoms with Crippen LogP contribution in [0.15, 0.2) is 48.5 Å². The Morgan fingerprint density at radius 2 is 1.50 bits per heavy atom. The van der Waals surface area contributed by atoms with Gasteiger partial charge in [-0.25, -0.2) is 4.39 Å². The molecular weight excluding hydrogens is 229 g/mol. The molecule has 0 radical (unpaired) electrons. The Balaban J connectivity index is 1.82. The van der Waals surface area contributed by atoms with Gasteiger partial charge in [0, 0.05) is 13.0 Å². The summed E-state index contributed by atoms with van der Waals surface area (Å²) in [7, 11) is 0. The molecule has 0 aliphatic carbocycles. The van der Waals surface area contributed by atoms with Crippen LogP contribution in [0, 0.1) is 5.82 Å². The van der Waals surface area contributed by atoms with Gasteiger partial charge < -0.3 is 10.5 Å². The van der Waals surface area contributed by atoms with E-state index in [9.17, 15) is 4.39 Å². The second-order valence-electron chi connectivity index (χ2n) is 4.07. The van der Waals surface area contributed by atoms with Gasteiger partial charge in [-0.3, -0.25) is 0 Å². The van der Waals surface area contributed by atoms with Gasteiger partial charge in [-0.1, -0.05) is 24.3 Å². The molecule has 2 N–H and O–H groups in total. The van der Waals surface area contributed by atoms with Crippen LogP contribution in [0.5, 0.6) is 5.75 Å². The zero-order chi connectivity index (χ0) is 12.8. The molecule has 0 heterocycles. The minimum absolute atomic E-state index is 0.250. The van der Waals surface area contributed by atoms with Crippen molar-refractivity contribution in [2.45, 2.75) is 13.0 Å². The van der Waals surface area contributed by atoms with Crippen molar-refractivity contribution in [1.29, 1.82) is 0 Å². The number of halogens is 1. The molecule has 2 nitrogen and oxygen atoms in total. The smallest absolute Gasteiger partial charge is 0.123 e. The molecule has 2 rings (SSSR count). The van der Waals surface area contributed by atoms with Gasteiger partial charge in [-0.05, 0) is 35.4 Å². The molecule has 0 bridgehead atoms. The fourth-order valence-corrected chi connectivity index (χ4v) is 1.66. The third-order valence-electron chi connectivity index (χ3n) is 2.73. The van der Waals surface area contributed by atoms with E-state index in [1.807, 2.05) is 12.1 Å². The summed E-state index contributed by atoms with van der Waals surface area (Å²) in [4.78, 5) is 0. The van der Waals surface area contributed by atoms with E-state index in [2.05, 4.69) is 12.1 Å². The van der Waals surface area contributed by atoms with Crippen molar-refractivity contribution in [3.8, 4) is 5.75 Å². The van der Waals surface area contributed by atoms with E-state index in [0.717, 1.165) is 12.0 Å². The molecule has 2 aromatic carbocycles. The van der Waals surface area contributed by atoms with Crippen LogP contribution in [0.25, 0.3) is 0 Å². The lowest BCUT2D eigenvalue weighted by molar-refractivity contribution is 0.321. The first-order valence-corrected chi connectivity index (χ1v) is 5.94. The summed E-state index contributed by atoms with van der Waals surface area (Å²) in [6.07, 6.45) is 0.822. The standard InChI is InChI=1S/C15H16FNO/c16-14-5-7-15(8-6-14)18-10-9-12-1-3-13(11-17)4-2-12/h1-8H,9-11,17H2. The van der Waals surface area contributed by atoms with Crippen LogP contribution in [0.4, 0.5) is 4.39 Å².